The van der Waals surface area contributed by atoms with Crippen LogP contribution in [0.2, 0.25) is 5.02 Å². The van der Waals surface area contributed by atoms with Crippen LogP contribution in [-0.2, 0) is 14.3 Å². The SMILES string of the molecule is O=C1OCC2=C1C(c1ccc(Cl)cc1)CC(=O)N2c1cccc(Br)c1. The Kier molecular flexibility index (Phi) is 4.13. The van der Waals surface area contributed by atoms with Gasteiger partial charge >= 0.3 is 5.97 Å². The number of carbonyl (C=O) groups is 2. The van der Waals surface area contributed by atoms with E-state index in [0.29, 0.717) is 16.3 Å². The molecule has 2 aliphatic rings. The quantitative estimate of drug-likeness (QED) is 0.678. The second kappa shape index (κ2) is 6.32. The Hall–Kier alpha value is -2.11. The van der Waals surface area contributed by atoms with Crippen molar-refractivity contribution in [2.24, 2.45) is 0 Å². The van der Waals surface area contributed by atoms with Crippen LogP contribution in [0.5, 0.6) is 0 Å². The second-order valence-corrected chi connectivity index (χ2v) is 7.31. The normalized spacial score (nSPS) is 19.9. The Morgan fingerprint density at radius 2 is 1.88 bits per heavy atom. The lowest BCUT2D eigenvalue weighted by molar-refractivity contribution is -0.136. The summed E-state index contributed by atoms with van der Waals surface area (Å²) in [6.45, 7) is 0.108. The number of nitrogens with zero attached hydrogens (tertiary/aromatic N) is 1. The molecular weight excluding hydrogens is 406 g/mol. The minimum atomic E-state index is -0.359. The van der Waals surface area contributed by atoms with Gasteiger partial charge in [0.05, 0.1) is 11.3 Å². The van der Waals surface area contributed by atoms with Gasteiger partial charge in [0, 0.05) is 27.5 Å². The fraction of sp³-hybridized carbons (Fsp3) is 0.158. The van der Waals surface area contributed by atoms with Gasteiger partial charge in [-0.2, -0.15) is 0 Å². The van der Waals surface area contributed by atoms with Crippen molar-refractivity contribution >= 4 is 45.1 Å². The zero-order valence-electron chi connectivity index (χ0n) is 13.0. The van der Waals surface area contributed by atoms with Gasteiger partial charge in [0.2, 0.25) is 5.91 Å². The molecule has 0 saturated carbocycles. The first kappa shape index (κ1) is 16.4. The lowest BCUT2D eigenvalue weighted by Crippen LogP contribution is -2.37. The lowest BCUT2D eigenvalue weighted by atomic mass is 9.84. The highest BCUT2D eigenvalue weighted by Gasteiger charge is 2.42. The molecule has 25 heavy (non-hydrogen) atoms. The molecule has 0 fully saturated rings. The van der Waals surface area contributed by atoms with Gasteiger partial charge < -0.3 is 4.74 Å². The number of benzene rings is 2. The highest BCUT2D eigenvalue weighted by molar-refractivity contribution is 9.10. The minimum Gasteiger partial charge on any atom is -0.456 e. The van der Waals surface area contributed by atoms with Crippen LogP contribution < -0.4 is 4.90 Å². The Labute approximate surface area is 158 Å². The van der Waals surface area contributed by atoms with Gasteiger partial charge in [-0.25, -0.2) is 4.79 Å². The number of hydrogen-bond acceptors (Lipinski definition) is 3. The van der Waals surface area contributed by atoms with Gasteiger partial charge in [-0.05, 0) is 35.9 Å². The van der Waals surface area contributed by atoms with E-state index in [-0.39, 0.29) is 30.8 Å². The number of rotatable bonds is 2. The van der Waals surface area contributed by atoms with E-state index in [1.54, 1.807) is 17.0 Å². The van der Waals surface area contributed by atoms with Gasteiger partial charge in [-0.1, -0.05) is 45.7 Å². The van der Waals surface area contributed by atoms with E-state index in [1.807, 2.05) is 36.4 Å². The summed E-state index contributed by atoms with van der Waals surface area (Å²) < 4.78 is 6.13. The second-order valence-electron chi connectivity index (χ2n) is 5.95. The van der Waals surface area contributed by atoms with Crippen molar-refractivity contribution in [3.05, 3.63) is 74.9 Å². The van der Waals surface area contributed by atoms with Crippen LogP contribution in [0.25, 0.3) is 0 Å². The standard InChI is InChI=1S/C19H13BrClNO3/c20-12-2-1-3-14(8-12)22-16-10-25-19(24)18(16)15(9-17(22)23)11-4-6-13(21)7-5-11/h1-8,15H,9-10H2. The first-order chi connectivity index (χ1) is 12.0. The molecule has 0 aromatic heterocycles. The van der Waals surface area contributed by atoms with Crippen LogP contribution >= 0.6 is 27.5 Å². The average molecular weight is 419 g/mol. The van der Waals surface area contributed by atoms with Gasteiger partial charge in [0.1, 0.15) is 6.61 Å². The van der Waals surface area contributed by atoms with E-state index in [2.05, 4.69) is 15.9 Å². The van der Waals surface area contributed by atoms with Crippen LogP contribution in [0, 0.1) is 0 Å². The maximum absolute atomic E-state index is 12.9. The van der Waals surface area contributed by atoms with Crippen LogP contribution in [-0.4, -0.2) is 18.5 Å². The molecule has 0 radical (unpaired) electrons. The fourth-order valence-electron chi connectivity index (χ4n) is 3.35. The molecule has 0 aliphatic carbocycles. The first-order valence-corrected chi connectivity index (χ1v) is 8.96. The van der Waals surface area contributed by atoms with Crippen molar-refractivity contribution in [2.45, 2.75) is 12.3 Å². The fourth-order valence-corrected chi connectivity index (χ4v) is 3.86. The predicted molar refractivity (Wildman–Crippen MR) is 98.4 cm³/mol. The van der Waals surface area contributed by atoms with Crippen LogP contribution in [0.15, 0.2) is 64.3 Å². The molecule has 2 aromatic rings. The van der Waals surface area contributed by atoms with E-state index in [9.17, 15) is 9.59 Å². The minimum absolute atomic E-state index is 0.0601. The summed E-state index contributed by atoms with van der Waals surface area (Å²) in [5, 5.41) is 0.616. The van der Waals surface area contributed by atoms with Gasteiger partial charge in [0.25, 0.3) is 0 Å². The molecule has 126 valence electrons. The van der Waals surface area contributed by atoms with Crippen LogP contribution in [0.4, 0.5) is 5.69 Å². The summed E-state index contributed by atoms with van der Waals surface area (Å²) in [6, 6.07) is 14.7. The summed E-state index contributed by atoms with van der Waals surface area (Å²) in [5.74, 6) is -0.726. The van der Waals surface area contributed by atoms with E-state index >= 15 is 0 Å². The summed E-state index contributed by atoms with van der Waals surface area (Å²) >= 11 is 9.38. The highest BCUT2D eigenvalue weighted by atomic mass is 79.9. The molecule has 2 heterocycles. The largest absolute Gasteiger partial charge is 0.456 e. The predicted octanol–water partition coefficient (Wildman–Crippen LogP) is 4.43. The van der Waals surface area contributed by atoms with Crippen molar-refractivity contribution in [3.8, 4) is 0 Å². The van der Waals surface area contributed by atoms with Gasteiger partial charge in [0.15, 0.2) is 0 Å². The number of carbonyl (C=O) groups excluding carboxylic acids is 2. The van der Waals surface area contributed by atoms with Crippen molar-refractivity contribution in [2.75, 3.05) is 11.5 Å². The zero-order chi connectivity index (χ0) is 17.6. The topological polar surface area (TPSA) is 46.6 Å². The van der Waals surface area contributed by atoms with Crippen LogP contribution in [0.3, 0.4) is 0 Å². The number of hydrogen-bond donors (Lipinski definition) is 0. The molecule has 6 heteroatoms. The summed E-state index contributed by atoms with van der Waals surface area (Å²) in [6.07, 6.45) is 0.210. The monoisotopic (exact) mass is 417 g/mol. The number of cyclic esters (lactones) is 1. The van der Waals surface area contributed by atoms with Gasteiger partial charge in [-0.3, -0.25) is 9.69 Å². The Balaban J connectivity index is 1.83. The number of anilines is 1. The van der Waals surface area contributed by atoms with Crippen molar-refractivity contribution in [3.63, 3.8) is 0 Å². The molecule has 0 spiro atoms. The summed E-state index contributed by atoms with van der Waals surface area (Å²) in [5.41, 5.74) is 2.79. The lowest BCUT2D eigenvalue weighted by Gasteiger charge is -2.32. The number of ether oxygens (including phenoxy) is 1. The molecule has 0 bridgehead atoms. The summed E-state index contributed by atoms with van der Waals surface area (Å²) in [7, 11) is 0. The van der Waals surface area contributed by atoms with Crippen LogP contribution in [0.1, 0.15) is 17.9 Å². The van der Waals surface area contributed by atoms with E-state index in [1.165, 1.54) is 0 Å². The Morgan fingerprint density at radius 3 is 2.60 bits per heavy atom. The third-order valence-corrected chi connectivity index (χ3v) is 5.20. The van der Waals surface area contributed by atoms with Crippen molar-refractivity contribution in [1.82, 2.24) is 0 Å². The zero-order valence-corrected chi connectivity index (χ0v) is 15.4. The Morgan fingerprint density at radius 1 is 1.12 bits per heavy atom. The van der Waals surface area contributed by atoms with Gasteiger partial charge in [-0.15, -0.1) is 0 Å². The molecule has 2 aromatic carbocycles. The van der Waals surface area contributed by atoms with Crippen molar-refractivity contribution in [1.29, 1.82) is 0 Å². The van der Waals surface area contributed by atoms with E-state index in [0.717, 1.165) is 15.7 Å². The van der Waals surface area contributed by atoms with Crippen molar-refractivity contribution < 1.29 is 14.3 Å². The third-order valence-electron chi connectivity index (χ3n) is 4.46. The highest BCUT2D eigenvalue weighted by Crippen LogP contribution is 2.42. The number of esters is 1. The third kappa shape index (κ3) is 2.87. The molecule has 4 rings (SSSR count). The maximum Gasteiger partial charge on any atom is 0.336 e. The molecule has 2 aliphatic heterocycles. The smallest absolute Gasteiger partial charge is 0.336 e. The number of halogens is 2. The first-order valence-electron chi connectivity index (χ1n) is 7.79. The molecule has 1 amide bonds. The average Bonchev–Trinajstić information content (AvgIpc) is 2.96. The Bertz CT molecular complexity index is 907. The van der Waals surface area contributed by atoms with E-state index < -0.39 is 0 Å². The van der Waals surface area contributed by atoms with E-state index in [4.69, 9.17) is 16.3 Å². The molecule has 1 atom stereocenters. The molecular formula is C19H13BrClNO3. The molecule has 0 saturated heterocycles. The number of amides is 1. The summed E-state index contributed by atoms with van der Waals surface area (Å²) in [4.78, 5) is 26.8. The molecule has 4 nitrogen and oxygen atoms in total. The molecule has 1 unspecified atom stereocenters. The maximum atomic E-state index is 12.9. The molecule has 0 N–H and O–H groups in total.